The summed E-state index contributed by atoms with van der Waals surface area (Å²) in [5.41, 5.74) is 1.68. The van der Waals surface area contributed by atoms with E-state index in [1.165, 1.54) is 11.3 Å². The maximum Gasteiger partial charge on any atom is 0.230 e. The van der Waals surface area contributed by atoms with Gasteiger partial charge in [0.15, 0.2) is 23.0 Å². The van der Waals surface area contributed by atoms with Gasteiger partial charge in [0.25, 0.3) is 0 Å². The maximum absolute atomic E-state index is 12.5. The Balaban J connectivity index is 1.42. The molecule has 1 aliphatic heterocycles. The number of benzene rings is 2. The number of rotatable bonds is 8. The number of anilines is 1. The van der Waals surface area contributed by atoms with Crippen LogP contribution in [0.25, 0.3) is 10.6 Å². The lowest BCUT2D eigenvalue weighted by Gasteiger charge is -2.18. The monoisotopic (exact) mass is 441 g/mol. The number of carbonyl (C=O) groups is 1. The lowest BCUT2D eigenvalue weighted by Crippen LogP contribution is -2.15. The van der Waals surface area contributed by atoms with Crippen molar-refractivity contribution < 1.29 is 23.7 Å². The Hall–Kier alpha value is -3.33. The van der Waals surface area contributed by atoms with Gasteiger partial charge in [0.05, 0.1) is 19.6 Å². The maximum atomic E-state index is 12.5. The van der Waals surface area contributed by atoms with Crippen LogP contribution in [0, 0.1) is 0 Å². The van der Waals surface area contributed by atoms with Crippen LogP contribution in [0.4, 0.5) is 5.13 Å². The third kappa shape index (κ3) is 5.05. The Morgan fingerprint density at radius 3 is 2.58 bits per heavy atom. The van der Waals surface area contributed by atoms with Crippen LogP contribution >= 0.6 is 11.3 Å². The van der Waals surface area contributed by atoms with Crippen LogP contribution in [-0.2, 0) is 11.2 Å². The van der Waals surface area contributed by atoms with Crippen LogP contribution in [0.15, 0.2) is 36.4 Å². The van der Waals surface area contributed by atoms with Crippen LogP contribution in [0.1, 0.15) is 19.4 Å². The Morgan fingerprint density at radius 1 is 1.00 bits per heavy atom. The molecule has 1 N–H and O–H groups in total. The minimum absolute atomic E-state index is 0.184. The smallest absolute Gasteiger partial charge is 0.230 e. The fraction of sp³-hybridized carbons (Fsp3) is 0.318. The summed E-state index contributed by atoms with van der Waals surface area (Å²) in [4.78, 5) is 12.5. The molecular formula is C22H23N3O5S. The minimum Gasteiger partial charge on any atom is -0.490 e. The van der Waals surface area contributed by atoms with E-state index in [2.05, 4.69) is 15.5 Å². The van der Waals surface area contributed by atoms with Crippen LogP contribution < -0.4 is 24.3 Å². The van der Waals surface area contributed by atoms with Crippen LogP contribution in [0.3, 0.4) is 0 Å². The van der Waals surface area contributed by atoms with E-state index in [1.54, 1.807) is 0 Å². The first-order chi connectivity index (χ1) is 15.2. The Kier molecular flexibility index (Phi) is 6.51. The Labute approximate surface area is 184 Å². The molecule has 0 spiro atoms. The SMILES string of the molecule is CCOc1ccc(CC(=O)Nc2nnc(-c3ccc4c(c3)OCCO4)s2)cc1OCC. The number of ether oxygens (including phenoxy) is 4. The van der Waals surface area contributed by atoms with Crippen molar-refractivity contribution in [3.8, 4) is 33.6 Å². The predicted octanol–water partition coefficient (Wildman–Crippen LogP) is 3.95. The molecule has 31 heavy (non-hydrogen) atoms. The van der Waals surface area contributed by atoms with Gasteiger partial charge >= 0.3 is 0 Å². The average Bonchev–Trinajstić information content (AvgIpc) is 3.24. The third-order valence-electron chi connectivity index (χ3n) is 4.43. The summed E-state index contributed by atoms with van der Waals surface area (Å²) >= 11 is 1.30. The zero-order valence-electron chi connectivity index (χ0n) is 17.3. The first-order valence-electron chi connectivity index (χ1n) is 10.1. The number of nitrogens with one attached hydrogen (secondary N) is 1. The van der Waals surface area contributed by atoms with Gasteiger partial charge in [-0.2, -0.15) is 0 Å². The first-order valence-corrected chi connectivity index (χ1v) is 10.9. The van der Waals surface area contributed by atoms with Crippen molar-refractivity contribution in [2.24, 2.45) is 0 Å². The molecule has 2 aromatic carbocycles. The third-order valence-corrected chi connectivity index (χ3v) is 5.32. The van der Waals surface area contributed by atoms with Crippen LogP contribution in [0.2, 0.25) is 0 Å². The molecule has 162 valence electrons. The highest BCUT2D eigenvalue weighted by Crippen LogP contribution is 2.36. The van der Waals surface area contributed by atoms with Crippen molar-refractivity contribution in [2.75, 3.05) is 31.7 Å². The lowest BCUT2D eigenvalue weighted by atomic mass is 10.1. The molecule has 0 aliphatic carbocycles. The van der Waals surface area contributed by atoms with Gasteiger partial charge in [-0.15, -0.1) is 10.2 Å². The molecule has 4 rings (SSSR count). The van der Waals surface area contributed by atoms with Crippen LogP contribution in [-0.4, -0.2) is 42.5 Å². The number of amides is 1. The van der Waals surface area contributed by atoms with E-state index in [0.717, 1.165) is 16.9 Å². The zero-order valence-corrected chi connectivity index (χ0v) is 18.2. The summed E-state index contributed by atoms with van der Waals surface area (Å²) in [6.07, 6.45) is 0.186. The molecule has 1 aliphatic rings. The van der Waals surface area contributed by atoms with Crippen molar-refractivity contribution in [2.45, 2.75) is 20.3 Å². The molecule has 0 radical (unpaired) electrons. The van der Waals surface area contributed by atoms with Gasteiger partial charge in [-0.25, -0.2) is 0 Å². The minimum atomic E-state index is -0.184. The molecule has 9 heteroatoms. The predicted molar refractivity (Wildman–Crippen MR) is 117 cm³/mol. The molecule has 1 aromatic heterocycles. The molecule has 0 saturated heterocycles. The number of aromatic nitrogens is 2. The van der Waals surface area contributed by atoms with Gasteiger partial charge in [0, 0.05) is 5.56 Å². The molecule has 0 atom stereocenters. The van der Waals surface area contributed by atoms with Gasteiger partial charge in [-0.1, -0.05) is 17.4 Å². The number of carbonyl (C=O) groups excluding carboxylic acids is 1. The van der Waals surface area contributed by atoms with E-state index in [-0.39, 0.29) is 12.3 Å². The fourth-order valence-corrected chi connectivity index (χ4v) is 3.88. The highest BCUT2D eigenvalue weighted by atomic mass is 32.1. The van der Waals surface area contributed by atoms with Gasteiger partial charge in [0.2, 0.25) is 11.0 Å². The molecular weight excluding hydrogens is 418 g/mol. The zero-order chi connectivity index (χ0) is 21.6. The highest BCUT2D eigenvalue weighted by molar-refractivity contribution is 7.18. The molecule has 8 nitrogen and oxygen atoms in total. The van der Waals surface area contributed by atoms with Crippen LogP contribution in [0.5, 0.6) is 23.0 Å². The molecule has 2 heterocycles. The highest BCUT2D eigenvalue weighted by Gasteiger charge is 2.16. The second-order valence-corrected chi connectivity index (χ2v) is 7.62. The van der Waals surface area contributed by atoms with Crippen molar-refractivity contribution in [1.82, 2.24) is 10.2 Å². The molecule has 0 saturated carbocycles. The van der Waals surface area contributed by atoms with E-state index >= 15 is 0 Å². The van der Waals surface area contributed by atoms with E-state index < -0.39 is 0 Å². The first kappa shape index (κ1) is 20.9. The molecule has 0 fully saturated rings. The van der Waals surface area contributed by atoms with Crippen molar-refractivity contribution >= 4 is 22.4 Å². The summed E-state index contributed by atoms with van der Waals surface area (Å²) in [7, 11) is 0. The molecule has 0 bridgehead atoms. The number of nitrogens with zero attached hydrogens (tertiary/aromatic N) is 2. The second kappa shape index (κ2) is 9.65. The number of hydrogen-bond acceptors (Lipinski definition) is 8. The lowest BCUT2D eigenvalue weighted by molar-refractivity contribution is -0.115. The van der Waals surface area contributed by atoms with E-state index in [4.69, 9.17) is 18.9 Å². The normalized spacial score (nSPS) is 12.3. The number of hydrogen-bond donors (Lipinski definition) is 1. The van der Waals surface area contributed by atoms with Crippen molar-refractivity contribution in [3.63, 3.8) is 0 Å². The molecule has 1 amide bonds. The average molecular weight is 442 g/mol. The summed E-state index contributed by atoms with van der Waals surface area (Å²) in [5.74, 6) is 2.52. The van der Waals surface area contributed by atoms with E-state index in [0.29, 0.717) is 53.8 Å². The van der Waals surface area contributed by atoms with Gasteiger partial charge in [-0.05, 0) is 49.7 Å². The molecule has 0 unspecified atom stereocenters. The van der Waals surface area contributed by atoms with E-state index in [1.807, 2.05) is 50.2 Å². The van der Waals surface area contributed by atoms with Gasteiger partial charge in [-0.3, -0.25) is 4.79 Å². The Morgan fingerprint density at radius 2 is 1.77 bits per heavy atom. The summed E-state index contributed by atoms with van der Waals surface area (Å²) in [6.45, 7) is 5.94. The van der Waals surface area contributed by atoms with E-state index in [9.17, 15) is 4.79 Å². The topological polar surface area (TPSA) is 91.8 Å². The fourth-order valence-electron chi connectivity index (χ4n) is 3.12. The summed E-state index contributed by atoms with van der Waals surface area (Å²) < 4.78 is 22.3. The Bertz CT molecular complexity index is 1070. The van der Waals surface area contributed by atoms with Gasteiger partial charge in [0.1, 0.15) is 18.2 Å². The van der Waals surface area contributed by atoms with Crippen molar-refractivity contribution in [1.29, 1.82) is 0 Å². The quantitative estimate of drug-likeness (QED) is 0.566. The number of fused-ring (bicyclic) bond motifs is 1. The van der Waals surface area contributed by atoms with Gasteiger partial charge < -0.3 is 24.3 Å². The summed E-state index contributed by atoms with van der Waals surface area (Å²) in [5, 5.41) is 12.2. The second-order valence-electron chi connectivity index (χ2n) is 6.64. The largest absolute Gasteiger partial charge is 0.490 e. The summed E-state index contributed by atoms with van der Waals surface area (Å²) in [6, 6.07) is 11.1. The standard InChI is InChI=1S/C22H23N3O5S/c1-3-27-16-7-5-14(11-18(16)28-4-2)12-20(26)23-22-25-24-21(31-22)15-6-8-17-19(13-15)30-10-9-29-17/h5-8,11,13H,3-4,9-10,12H2,1-2H3,(H,23,25,26). The van der Waals surface area contributed by atoms with Crippen molar-refractivity contribution in [3.05, 3.63) is 42.0 Å². The molecule has 3 aromatic rings.